The van der Waals surface area contributed by atoms with Gasteiger partial charge in [-0.1, -0.05) is 26.3 Å². The second-order valence-electron chi connectivity index (χ2n) is 10.5. The van der Waals surface area contributed by atoms with E-state index in [0.29, 0.717) is 18.2 Å². The van der Waals surface area contributed by atoms with E-state index in [1.165, 1.54) is 36.5 Å². The van der Waals surface area contributed by atoms with Crippen molar-refractivity contribution in [1.82, 2.24) is 19.8 Å². The lowest BCUT2D eigenvalue weighted by Crippen LogP contribution is -2.39. The molecule has 1 saturated heterocycles. The van der Waals surface area contributed by atoms with Crippen molar-refractivity contribution in [1.29, 1.82) is 0 Å². The number of H-pyrrole nitrogens is 1. The van der Waals surface area contributed by atoms with E-state index >= 15 is 0 Å². The van der Waals surface area contributed by atoms with E-state index in [0.717, 1.165) is 53.4 Å². The van der Waals surface area contributed by atoms with Crippen molar-refractivity contribution in [2.45, 2.75) is 59.1 Å². The molecule has 7 nitrogen and oxygen atoms in total. The molecule has 2 aliphatic heterocycles. The third-order valence-electron chi connectivity index (χ3n) is 7.35. The van der Waals surface area contributed by atoms with Crippen LogP contribution in [0.2, 0.25) is 0 Å². The zero-order chi connectivity index (χ0) is 25.4. The van der Waals surface area contributed by atoms with Crippen molar-refractivity contribution < 1.29 is 9.53 Å². The summed E-state index contributed by atoms with van der Waals surface area (Å²) in [7, 11) is 0. The Balaban J connectivity index is 1.50. The van der Waals surface area contributed by atoms with Crippen molar-refractivity contribution in [2.24, 2.45) is 5.73 Å². The maximum absolute atomic E-state index is 12.2. The number of carbonyl (C=O) groups is 1. The van der Waals surface area contributed by atoms with E-state index in [2.05, 4.69) is 59.0 Å². The van der Waals surface area contributed by atoms with Crippen LogP contribution in [-0.4, -0.2) is 51.9 Å². The number of hydrogen-bond donors (Lipinski definition) is 2. The molecular weight excluding hydrogens is 450 g/mol. The van der Waals surface area contributed by atoms with Gasteiger partial charge in [0.2, 0.25) is 0 Å². The molecule has 0 bridgehead atoms. The van der Waals surface area contributed by atoms with Gasteiger partial charge in [-0.15, -0.1) is 0 Å². The molecule has 1 unspecified atom stereocenters. The Hall–Kier alpha value is -3.32. The first kappa shape index (κ1) is 24.4. The summed E-state index contributed by atoms with van der Waals surface area (Å²) in [5.41, 5.74) is 13.9. The van der Waals surface area contributed by atoms with Gasteiger partial charge in [0.1, 0.15) is 12.0 Å². The van der Waals surface area contributed by atoms with Crippen LogP contribution in [0.25, 0.3) is 22.2 Å². The number of aromatic nitrogens is 2. The van der Waals surface area contributed by atoms with Crippen LogP contribution in [0.4, 0.5) is 0 Å². The maximum atomic E-state index is 12.2. The van der Waals surface area contributed by atoms with Gasteiger partial charge in [-0.05, 0) is 75.5 Å². The Morgan fingerprint density at radius 2 is 1.83 bits per heavy atom. The topological polar surface area (TPSA) is 87.5 Å². The molecule has 0 radical (unpaired) electrons. The molecule has 3 N–H and O–H groups in total. The van der Waals surface area contributed by atoms with Crippen LogP contribution in [0.3, 0.4) is 0 Å². The molecule has 2 aliphatic rings. The van der Waals surface area contributed by atoms with Crippen LogP contribution in [-0.2, 0) is 9.53 Å². The number of nitrogens with zero attached hydrogens (tertiary/aromatic N) is 3. The van der Waals surface area contributed by atoms with E-state index in [-0.39, 0.29) is 6.23 Å². The molecule has 0 aliphatic carbocycles. The summed E-state index contributed by atoms with van der Waals surface area (Å²) in [6, 6.07) is 10.7. The Bertz CT molecular complexity index is 1280. The number of piperidine rings is 1. The Morgan fingerprint density at radius 3 is 2.50 bits per heavy atom. The first-order valence-corrected chi connectivity index (χ1v) is 13.1. The number of ether oxygens (including phenoxy) is 1. The predicted octanol–water partition coefficient (Wildman–Crippen LogP) is 5.11. The number of hydrogen-bond acceptors (Lipinski definition) is 5. The molecule has 4 heterocycles. The molecule has 1 aromatic carbocycles. The number of pyridine rings is 1. The summed E-state index contributed by atoms with van der Waals surface area (Å²) in [6.07, 6.45) is 4.93. The van der Waals surface area contributed by atoms with Crippen LogP contribution in [0.1, 0.15) is 67.8 Å². The minimum Gasteiger partial charge on any atom is -0.471 e. The molecule has 1 fully saturated rings. The smallest absolute Gasteiger partial charge is 0.268 e. The molecule has 7 heteroatoms. The number of benzene rings is 1. The highest BCUT2D eigenvalue weighted by Crippen LogP contribution is 2.39. The van der Waals surface area contributed by atoms with Crippen LogP contribution < -0.4 is 5.73 Å². The van der Waals surface area contributed by atoms with Crippen LogP contribution in [0.5, 0.6) is 0 Å². The number of primary amides is 1. The molecule has 1 amide bonds. The lowest BCUT2D eigenvalue weighted by Gasteiger charge is -2.32. The number of rotatable bonds is 7. The summed E-state index contributed by atoms with van der Waals surface area (Å²) in [5.74, 6) is -0.135. The van der Waals surface area contributed by atoms with E-state index in [1.807, 2.05) is 18.7 Å². The monoisotopic (exact) mass is 487 g/mol. The van der Waals surface area contributed by atoms with Gasteiger partial charge in [-0.2, -0.15) is 0 Å². The van der Waals surface area contributed by atoms with Crippen molar-refractivity contribution in [2.75, 3.05) is 26.2 Å². The third-order valence-corrected chi connectivity index (χ3v) is 7.35. The average molecular weight is 488 g/mol. The van der Waals surface area contributed by atoms with Gasteiger partial charge >= 0.3 is 0 Å². The highest BCUT2D eigenvalue weighted by molar-refractivity contribution is 5.93. The highest BCUT2D eigenvalue weighted by atomic mass is 16.5. The lowest BCUT2D eigenvalue weighted by molar-refractivity contribution is -0.116. The number of carbonyl (C=O) groups excluding carboxylic acids is 1. The second-order valence-corrected chi connectivity index (χ2v) is 10.5. The van der Waals surface area contributed by atoms with Crippen molar-refractivity contribution >= 4 is 16.8 Å². The minimum atomic E-state index is -0.451. The first-order chi connectivity index (χ1) is 17.3. The average Bonchev–Trinajstić information content (AvgIpc) is 3.44. The number of amides is 1. The summed E-state index contributed by atoms with van der Waals surface area (Å²) in [4.78, 5) is 24.9. The van der Waals surface area contributed by atoms with Gasteiger partial charge in [-0.25, -0.2) is 0 Å². The Morgan fingerprint density at radius 1 is 1.11 bits per heavy atom. The largest absolute Gasteiger partial charge is 0.471 e. The molecule has 3 aromatic rings. The number of nitrogens with two attached hydrogens (primary N) is 1. The van der Waals surface area contributed by atoms with E-state index in [9.17, 15) is 4.79 Å². The summed E-state index contributed by atoms with van der Waals surface area (Å²) in [6.45, 7) is 12.3. The van der Waals surface area contributed by atoms with Gasteiger partial charge in [0.25, 0.3) is 5.91 Å². The Kier molecular flexibility index (Phi) is 6.75. The van der Waals surface area contributed by atoms with Crippen molar-refractivity contribution in [3.63, 3.8) is 0 Å². The summed E-state index contributed by atoms with van der Waals surface area (Å²) < 4.78 is 6.06. The SMILES string of the molecule is Cc1cc(-c2[nH]c3ccc(C4OC=C(C(N)=O)N4CCN4CCCCC4)cc3c2C(C)C)cc(C)n1. The van der Waals surface area contributed by atoms with Gasteiger partial charge in [0.15, 0.2) is 6.23 Å². The molecular formula is C29H37N5O2. The third kappa shape index (κ3) is 4.72. The number of nitrogens with one attached hydrogen (secondary N) is 1. The van der Waals surface area contributed by atoms with Crippen LogP contribution in [0.15, 0.2) is 42.3 Å². The van der Waals surface area contributed by atoms with E-state index in [1.54, 1.807) is 0 Å². The highest BCUT2D eigenvalue weighted by Gasteiger charge is 2.33. The zero-order valence-electron chi connectivity index (χ0n) is 21.8. The minimum absolute atomic E-state index is 0.316. The van der Waals surface area contributed by atoms with Crippen molar-refractivity contribution in [3.8, 4) is 11.3 Å². The maximum Gasteiger partial charge on any atom is 0.268 e. The molecule has 36 heavy (non-hydrogen) atoms. The fraction of sp³-hybridized carbons (Fsp3) is 0.448. The molecule has 0 spiro atoms. The van der Waals surface area contributed by atoms with Crippen molar-refractivity contribution in [3.05, 3.63) is 64.8 Å². The number of aromatic amines is 1. The van der Waals surface area contributed by atoms with Crippen LogP contribution in [0, 0.1) is 13.8 Å². The first-order valence-electron chi connectivity index (χ1n) is 13.1. The Labute approximate surface area is 213 Å². The van der Waals surface area contributed by atoms with E-state index < -0.39 is 5.91 Å². The zero-order valence-corrected chi connectivity index (χ0v) is 21.8. The number of fused-ring (bicyclic) bond motifs is 1. The van der Waals surface area contributed by atoms with E-state index in [4.69, 9.17) is 10.5 Å². The van der Waals surface area contributed by atoms with Crippen LogP contribution >= 0.6 is 0 Å². The number of likely N-dealkylation sites (tertiary alicyclic amines) is 1. The second kappa shape index (κ2) is 9.97. The lowest BCUT2D eigenvalue weighted by atomic mass is 9.95. The predicted molar refractivity (Wildman–Crippen MR) is 143 cm³/mol. The molecule has 190 valence electrons. The fourth-order valence-electron chi connectivity index (χ4n) is 5.71. The van der Waals surface area contributed by atoms with Gasteiger partial charge < -0.3 is 25.3 Å². The van der Waals surface area contributed by atoms with Gasteiger partial charge in [0.05, 0.1) is 5.69 Å². The molecule has 2 aromatic heterocycles. The van der Waals surface area contributed by atoms with Gasteiger partial charge in [-0.3, -0.25) is 9.78 Å². The number of aryl methyl sites for hydroxylation is 2. The standard InChI is InChI=1S/C29H37N5O2/c1-18(2)26-23-16-21(8-9-24(23)32-27(26)22-14-19(3)31-20(4)15-22)29-34(25(17-36-29)28(30)35)13-12-33-10-6-5-7-11-33/h8-9,14-18,29,32H,5-7,10-13H2,1-4H3,(H2,30,35). The molecule has 1 atom stereocenters. The normalized spacial score (nSPS) is 18.6. The summed E-state index contributed by atoms with van der Waals surface area (Å²) >= 11 is 0. The molecule has 5 rings (SSSR count). The summed E-state index contributed by atoms with van der Waals surface area (Å²) in [5, 5.41) is 1.18. The van der Waals surface area contributed by atoms with Gasteiger partial charge in [0, 0.05) is 46.5 Å². The quantitative estimate of drug-likeness (QED) is 0.483. The fourth-order valence-corrected chi connectivity index (χ4v) is 5.71. The molecule has 0 saturated carbocycles.